The van der Waals surface area contributed by atoms with Crippen LogP contribution in [0.15, 0.2) is 53.6 Å². The summed E-state index contributed by atoms with van der Waals surface area (Å²) in [6, 6.07) is 12.1. The van der Waals surface area contributed by atoms with E-state index < -0.39 is 6.10 Å². The normalized spacial score (nSPS) is 12.5. The Morgan fingerprint density at radius 1 is 0.900 bits per heavy atom. The number of aryl methyl sites for hydroxylation is 5. The van der Waals surface area contributed by atoms with Crippen LogP contribution in [0.1, 0.15) is 39.5 Å². The molecule has 0 unspecified atom stereocenters. The molecule has 4 rings (SSSR count). The minimum atomic E-state index is -0.758. The maximum atomic E-state index is 13.1. The highest BCUT2D eigenvalue weighted by molar-refractivity contribution is 5.68. The molecule has 0 aliphatic carbocycles. The summed E-state index contributed by atoms with van der Waals surface area (Å²) in [5.41, 5.74) is 8.64. The first-order valence-corrected chi connectivity index (χ1v) is 10.2. The lowest BCUT2D eigenvalue weighted by Crippen LogP contribution is -2.24. The number of fused-ring (bicyclic) bond motifs is 1. The van der Waals surface area contributed by atoms with Crippen LogP contribution in [0.3, 0.4) is 0 Å². The highest BCUT2D eigenvalue weighted by Gasteiger charge is 2.16. The van der Waals surface area contributed by atoms with Gasteiger partial charge in [-0.2, -0.15) is 5.10 Å². The summed E-state index contributed by atoms with van der Waals surface area (Å²) in [6.07, 6.45) is 2.70. The van der Waals surface area contributed by atoms with Gasteiger partial charge in [0.25, 0.3) is 5.56 Å². The van der Waals surface area contributed by atoms with Crippen LogP contribution in [-0.2, 0) is 6.54 Å². The van der Waals surface area contributed by atoms with E-state index in [9.17, 15) is 9.90 Å². The van der Waals surface area contributed by atoms with E-state index in [1.165, 1.54) is 11.1 Å². The van der Waals surface area contributed by atoms with E-state index in [2.05, 4.69) is 31.1 Å². The standard InChI is InChI=1S/C25H27N3O2/c1-15-6-7-20(18(4)10-15)22-13-23-25(30)27(8-9-28(23)26-22)14-24(29)21-12-17(3)16(2)11-19(21)5/h6-13,24,29H,14H2,1-5H3/t24-/m0/s1. The second kappa shape index (κ2) is 7.58. The van der Waals surface area contributed by atoms with Gasteiger partial charge in [-0.1, -0.05) is 35.9 Å². The van der Waals surface area contributed by atoms with Crippen molar-refractivity contribution in [2.75, 3.05) is 0 Å². The van der Waals surface area contributed by atoms with Gasteiger partial charge in [0.15, 0.2) is 0 Å². The minimum Gasteiger partial charge on any atom is -0.387 e. The highest BCUT2D eigenvalue weighted by atomic mass is 16.3. The number of aliphatic hydroxyl groups is 1. The van der Waals surface area contributed by atoms with Crippen molar-refractivity contribution in [2.24, 2.45) is 0 Å². The minimum absolute atomic E-state index is 0.165. The average Bonchev–Trinajstić information content (AvgIpc) is 3.11. The van der Waals surface area contributed by atoms with Gasteiger partial charge in [0.1, 0.15) is 5.52 Å². The van der Waals surface area contributed by atoms with Gasteiger partial charge in [0.2, 0.25) is 0 Å². The van der Waals surface area contributed by atoms with Crippen LogP contribution in [0.4, 0.5) is 0 Å². The second-order valence-electron chi connectivity index (χ2n) is 8.24. The van der Waals surface area contributed by atoms with Crippen molar-refractivity contribution in [3.8, 4) is 11.3 Å². The zero-order valence-electron chi connectivity index (χ0n) is 18.1. The fraction of sp³-hybridized carbons (Fsp3) is 0.280. The Morgan fingerprint density at radius 3 is 2.37 bits per heavy atom. The molecule has 0 saturated heterocycles. The number of aliphatic hydroxyl groups excluding tert-OH is 1. The number of rotatable bonds is 4. The lowest BCUT2D eigenvalue weighted by atomic mass is 9.97. The Labute approximate surface area is 176 Å². The van der Waals surface area contributed by atoms with Gasteiger partial charge in [0, 0.05) is 18.0 Å². The summed E-state index contributed by atoms with van der Waals surface area (Å²) >= 11 is 0. The number of hydrogen-bond acceptors (Lipinski definition) is 3. The van der Waals surface area contributed by atoms with Crippen molar-refractivity contribution in [1.82, 2.24) is 14.2 Å². The average molecular weight is 402 g/mol. The Hall–Kier alpha value is -3.18. The molecule has 4 aromatic rings. The molecule has 2 aromatic carbocycles. The molecule has 1 N–H and O–H groups in total. The van der Waals surface area contributed by atoms with Crippen molar-refractivity contribution in [3.63, 3.8) is 0 Å². The fourth-order valence-electron chi connectivity index (χ4n) is 4.03. The molecule has 5 heteroatoms. The SMILES string of the molecule is Cc1ccc(-c2cc3c(=O)n(C[C@H](O)c4cc(C)c(C)cc4C)ccn3n2)c(C)c1. The maximum absolute atomic E-state index is 13.1. The quantitative estimate of drug-likeness (QED) is 0.550. The number of hydrogen-bond donors (Lipinski definition) is 1. The number of nitrogens with zero attached hydrogens (tertiary/aromatic N) is 3. The van der Waals surface area contributed by atoms with Gasteiger partial charge < -0.3 is 9.67 Å². The number of benzene rings is 2. The molecule has 0 aliphatic rings. The number of aromatic nitrogens is 3. The summed E-state index contributed by atoms with van der Waals surface area (Å²) in [7, 11) is 0. The molecule has 0 bridgehead atoms. The Morgan fingerprint density at radius 2 is 1.63 bits per heavy atom. The van der Waals surface area contributed by atoms with Crippen molar-refractivity contribution >= 4 is 5.52 Å². The van der Waals surface area contributed by atoms with Gasteiger partial charge in [-0.05, 0) is 68.5 Å². The van der Waals surface area contributed by atoms with Crippen molar-refractivity contribution in [1.29, 1.82) is 0 Å². The molecule has 2 heterocycles. The van der Waals surface area contributed by atoms with E-state index in [4.69, 9.17) is 0 Å². The molecule has 1 atom stereocenters. The summed E-state index contributed by atoms with van der Waals surface area (Å²) < 4.78 is 3.17. The third-order valence-electron chi connectivity index (χ3n) is 5.87. The van der Waals surface area contributed by atoms with Gasteiger partial charge in [-0.15, -0.1) is 0 Å². The van der Waals surface area contributed by atoms with E-state index in [1.807, 2.05) is 45.0 Å². The van der Waals surface area contributed by atoms with Crippen LogP contribution in [-0.4, -0.2) is 19.3 Å². The summed E-state index contributed by atoms with van der Waals surface area (Å²) in [5, 5.41) is 15.4. The Kier molecular flexibility index (Phi) is 5.08. The smallest absolute Gasteiger partial charge is 0.276 e. The van der Waals surface area contributed by atoms with Gasteiger partial charge in [-0.25, -0.2) is 4.52 Å². The zero-order chi connectivity index (χ0) is 21.6. The molecule has 0 fully saturated rings. The van der Waals surface area contributed by atoms with Gasteiger partial charge in [-0.3, -0.25) is 4.79 Å². The van der Waals surface area contributed by atoms with Crippen LogP contribution in [0.2, 0.25) is 0 Å². The molecular formula is C25H27N3O2. The van der Waals surface area contributed by atoms with Crippen LogP contribution < -0.4 is 5.56 Å². The van der Waals surface area contributed by atoms with E-state index in [1.54, 1.807) is 21.5 Å². The molecule has 5 nitrogen and oxygen atoms in total. The largest absolute Gasteiger partial charge is 0.387 e. The first-order chi connectivity index (χ1) is 14.2. The molecule has 154 valence electrons. The third kappa shape index (κ3) is 3.57. The summed E-state index contributed by atoms with van der Waals surface area (Å²) in [4.78, 5) is 13.1. The van der Waals surface area contributed by atoms with Crippen molar-refractivity contribution in [3.05, 3.63) is 92.5 Å². The monoisotopic (exact) mass is 401 g/mol. The predicted molar refractivity (Wildman–Crippen MR) is 120 cm³/mol. The van der Waals surface area contributed by atoms with Crippen LogP contribution in [0.5, 0.6) is 0 Å². The van der Waals surface area contributed by atoms with E-state index >= 15 is 0 Å². The third-order valence-corrected chi connectivity index (χ3v) is 5.87. The zero-order valence-corrected chi connectivity index (χ0v) is 18.1. The lowest BCUT2D eigenvalue weighted by molar-refractivity contribution is 0.154. The molecule has 0 spiro atoms. The molecule has 0 amide bonds. The topological polar surface area (TPSA) is 59.5 Å². The van der Waals surface area contributed by atoms with E-state index in [-0.39, 0.29) is 12.1 Å². The fourth-order valence-corrected chi connectivity index (χ4v) is 4.03. The highest BCUT2D eigenvalue weighted by Crippen LogP contribution is 2.25. The Balaban J connectivity index is 1.70. The molecule has 30 heavy (non-hydrogen) atoms. The second-order valence-corrected chi connectivity index (χ2v) is 8.24. The molecule has 2 aromatic heterocycles. The van der Waals surface area contributed by atoms with Crippen molar-refractivity contribution < 1.29 is 5.11 Å². The molecule has 0 aliphatic heterocycles. The first-order valence-electron chi connectivity index (χ1n) is 10.2. The van der Waals surface area contributed by atoms with Gasteiger partial charge >= 0.3 is 0 Å². The van der Waals surface area contributed by atoms with Gasteiger partial charge in [0.05, 0.1) is 18.3 Å². The molecule has 0 saturated carbocycles. The first kappa shape index (κ1) is 20.1. The molecular weight excluding hydrogens is 374 g/mol. The summed E-state index contributed by atoms with van der Waals surface area (Å²) in [6.45, 7) is 10.4. The van der Waals surface area contributed by atoms with Crippen LogP contribution in [0, 0.1) is 34.6 Å². The Bertz CT molecular complexity index is 1310. The molecule has 0 radical (unpaired) electrons. The lowest BCUT2D eigenvalue weighted by Gasteiger charge is -2.17. The van der Waals surface area contributed by atoms with Crippen LogP contribution >= 0.6 is 0 Å². The predicted octanol–water partition coefficient (Wildman–Crippen LogP) is 4.44. The summed E-state index contributed by atoms with van der Waals surface area (Å²) in [5.74, 6) is 0. The van der Waals surface area contributed by atoms with Crippen LogP contribution in [0.25, 0.3) is 16.8 Å². The maximum Gasteiger partial charge on any atom is 0.276 e. The van der Waals surface area contributed by atoms with Crippen molar-refractivity contribution in [2.45, 2.75) is 47.3 Å². The van der Waals surface area contributed by atoms with E-state index in [0.29, 0.717) is 5.52 Å². The van der Waals surface area contributed by atoms with E-state index in [0.717, 1.165) is 33.5 Å².